The SMILES string of the molecule is CCNCC(=Cc1cc(C)sc1C)CC. The number of hydrogen-bond donors (Lipinski definition) is 1. The molecule has 0 aliphatic heterocycles. The van der Waals surface area contributed by atoms with Crippen molar-refractivity contribution in [2.45, 2.75) is 34.1 Å². The number of thiophene rings is 1. The molecule has 15 heavy (non-hydrogen) atoms. The smallest absolute Gasteiger partial charge is 0.0167 e. The summed E-state index contributed by atoms with van der Waals surface area (Å²) in [5, 5.41) is 3.38. The zero-order valence-electron chi connectivity index (χ0n) is 10.2. The molecule has 1 nitrogen and oxygen atoms in total. The van der Waals surface area contributed by atoms with Gasteiger partial charge in [0, 0.05) is 16.3 Å². The number of aryl methyl sites for hydroxylation is 2. The molecule has 2 heteroatoms. The number of nitrogens with one attached hydrogen (secondary N) is 1. The first-order valence-electron chi connectivity index (χ1n) is 5.64. The number of hydrogen-bond acceptors (Lipinski definition) is 2. The molecule has 0 spiro atoms. The summed E-state index contributed by atoms with van der Waals surface area (Å²) in [5.74, 6) is 0. The summed E-state index contributed by atoms with van der Waals surface area (Å²) >= 11 is 1.88. The molecule has 1 N–H and O–H groups in total. The average molecular weight is 223 g/mol. The molecule has 0 aromatic carbocycles. The molecule has 0 atom stereocenters. The Morgan fingerprint density at radius 1 is 1.40 bits per heavy atom. The molecule has 1 aromatic heterocycles. The van der Waals surface area contributed by atoms with Gasteiger partial charge in [-0.25, -0.2) is 0 Å². The van der Waals surface area contributed by atoms with E-state index in [0.29, 0.717) is 0 Å². The van der Waals surface area contributed by atoms with Gasteiger partial charge in [0.05, 0.1) is 0 Å². The highest BCUT2D eigenvalue weighted by molar-refractivity contribution is 7.12. The fraction of sp³-hybridized carbons (Fsp3) is 0.538. The molecule has 0 bridgehead atoms. The second-order valence-electron chi connectivity index (χ2n) is 3.81. The molecule has 0 aliphatic carbocycles. The molecule has 0 saturated heterocycles. The van der Waals surface area contributed by atoms with E-state index >= 15 is 0 Å². The molecule has 1 rings (SSSR count). The van der Waals surface area contributed by atoms with Crippen LogP contribution in [0.1, 0.15) is 35.6 Å². The largest absolute Gasteiger partial charge is 0.313 e. The maximum atomic E-state index is 3.38. The highest BCUT2D eigenvalue weighted by atomic mass is 32.1. The summed E-state index contributed by atoms with van der Waals surface area (Å²) in [4.78, 5) is 2.83. The average Bonchev–Trinajstić information content (AvgIpc) is 2.52. The molecule has 0 unspecified atom stereocenters. The van der Waals surface area contributed by atoms with Gasteiger partial charge in [-0.15, -0.1) is 11.3 Å². The summed E-state index contributed by atoms with van der Waals surface area (Å²) in [7, 11) is 0. The normalized spacial score (nSPS) is 12.1. The topological polar surface area (TPSA) is 12.0 Å². The summed E-state index contributed by atoms with van der Waals surface area (Å²) in [6.45, 7) is 10.8. The zero-order valence-corrected chi connectivity index (χ0v) is 11.0. The molecule has 0 saturated carbocycles. The van der Waals surface area contributed by atoms with E-state index in [1.807, 2.05) is 11.3 Å². The van der Waals surface area contributed by atoms with Crippen molar-refractivity contribution in [1.29, 1.82) is 0 Å². The summed E-state index contributed by atoms with van der Waals surface area (Å²) in [6, 6.07) is 2.28. The third-order valence-corrected chi connectivity index (χ3v) is 3.48. The van der Waals surface area contributed by atoms with E-state index in [4.69, 9.17) is 0 Å². The van der Waals surface area contributed by atoms with Crippen molar-refractivity contribution in [1.82, 2.24) is 5.32 Å². The van der Waals surface area contributed by atoms with Crippen LogP contribution in [-0.4, -0.2) is 13.1 Å². The lowest BCUT2D eigenvalue weighted by Crippen LogP contribution is -2.15. The van der Waals surface area contributed by atoms with E-state index in [9.17, 15) is 0 Å². The zero-order chi connectivity index (χ0) is 11.3. The fourth-order valence-corrected chi connectivity index (χ4v) is 2.48. The molecule has 0 aliphatic rings. The van der Waals surface area contributed by atoms with E-state index in [0.717, 1.165) is 19.5 Å². The lowest BCUT2D eigenvalue weighted by molar-refractivity contribution is 0.762. The van der Waals surface area contributed by atoms with Crippen molar-refractivity contribution in [3.63, 3.8) is 0 Å². The van der Waals surface area contributed by atoms with Crippen molar-refractivity contribution in [2.24, 2.45) is 0 Å². The van der Waals surface area contributed by atoms with Gasteiger partial charge in [-0.2, -0.15) is 0 Å². The molecule has 1 aromatic rings. The summed E-state index contributed by atoms with van der Waals surface area (Å²) in [6.07, 6.45) is 3.46. The van der Waals surface area contributed by atoms with Crippen LogP contribution in [0.3, 0.4) is 0 Å². The summed E-state index contributed by atoms with van der Waals surface area (Å²) < 4.78 is 0. The Hall–Kier alpha value is -0.600. The first-order valence-corrected chi connectivity index (χ1v) is 6.46. The van der Waals surface area contributed by atoms with Crippen LogP contribution in [0.25, 0.3) is 6.08 Å². The predicted molar refractivity (Wildman–Crippen MR) is 70.6 cm³/mol. The maximum absolute atomic E-state index is 3.38. The van der Waals surface area contributed by atoms with E-state index in [1.165, 1.54) is 20.9 Å². The minimum absolute atomic E-state index is 1.02. The van der Waals surface area contributed by atoms with Crippen molar-refractivity contribution < 1.29 is 0 Å². The fourth-order valence-electron chi connectivity index (χ4n) is 1.58. The van der Waals surface area contributed by atoms with Crippen LogP contribution in [0, 0.1) is 13.8 Å². The highest BCUT2D eigenvalue weighted by Gasteiger charge is 2.01. The lowest BCUT2D eigenvalue weighted by Gasteiger charge is -2.04. The molecule has 0 fully saturated rings. The van der Waals surface area contributed by atoms with Gasteiger partial charge in [0.2, 0.25) is 0 Å². The monoisotopic (exact) mass is 223 g/mol. The van der Waals surface area contributed by atoms with E-state index < -0.39 is 0 Å². The van der Waals surface area contributed by atoms with Crippen LogP contribution in [-0.2, 0) is 0 Å². The lowest BCUT2D eigenvalue weighted by atomic mass is 10.1. The van der Waals surface area contributed by atoms with Crippen LogP contribution >= 0.6 is 11.3 Å². The first kappa shape index (κ1) is 12.5. The van der Waals surface area contributed by atoms with Crippen molar-refractivity contribution in [2.75, 3.05) is 13.1 Å². The third-order valence-electron chi connectivity index (χ3n) is 2.50. The first-order chi connectivity index (χ1) is 7.17. The quantitative estimate of drug-likeness (QED) is 0.801. The molecule has 0 radical (unpaired) electrons. The summed E-state index contributed by atoms with van der Waals surface area (Å²) in [5.41, 5.74) is 2.88. The number of likely N-dealkylation sites (N-methyl/N-ethyl adjacent to an activating group) is 1. The minimum atomic E-state index is 1.02. The van der Waals surface area contributed by atoms with Gasteiger partial charge in [0.15, 0.2) is 0 Å². The van der Waals surface area contributed by atoms with Crippen molar-refractivity contribution in [3.05, 3.63) is 27.0 Å². The Morgan fingerprint density at radius 2 is 2.13 bits per heavy atom. The Bertz CT molecular complexity index is 336. The molecule has 0 amide bonds. The van der Waals surface area contributed by atoms with Crippen LogP contribution in [0.5, 0.6) is 0 Å². The molecule has 84 valence electrons. The van der Waals surface area contributed by atoms with Gasteiger partial charge in [0.25, 0.3) is 0 Å². The van der Waals surface area contributed by atoms with Crippen molar-refractivity contribution >= 4 is 17.4 Å². The molecular formula is C13H21NS. The molecule has 1 heterocycles. The van der Waals surface area contributed by atoms with Crippen LogP contribution in [0.15, 0.2) is 11.6 Å². The Labute approximate surface area is 97.2 Å². The van der Waals surface area contributed by atoms with E-state index in [1.54, 1.807) is 0 Å². The Kier molecular flexibility index (Phi) is 5.06. The van der Waals surface area contributed by atoms with Crippen LogP contribution in [0.2, 0.25) is 0 Å². The predicted octanol–water partition coefficient (Wildman–Crippen LogP) is 3.77. The third kappa shape index (κ3) is 3.80. The van der Waals surface area contributed by atoms with Crippen molar-refractivity contribution in [3.8, 4) is 0 Å². The second-order valence-corrected chi connectivity index (χ2v) is 5.27. The molecular weight excluding hydrogens is 202 g/mol. The van der Waals surface area contributed by atoms with Crippen LogP contribution in [0.4, 0.5) is 0 Å². The van der Waals surface area contributed by atoms with Gasteiger partial charge in [-0.1, -0.05) is 25.5 Å². The van der Waals surface area contributed by atoms with Gasteiger partial charge >= 0.3 is 0 Å². The van der Waals surface area contributed by atoms with Crippen LogP contribution < -0.4 is 5.32 Å². The standard InChI is InChI=1S/C13H21NS/c1-5-12(9-14-6-2)8-13-7-10(3)15-11(13)4/h7-8,14H,5-6,9H2,1-4H3. The maximum Gasteiger partial charge on any atom is 0.0167 e. The number of rotatable bonds is 5. The van der Waals surface area contributed by atoms with Gasteiger partial charge in [-0.3, -0.25) is 0 Å². The Balaban J connectivity index is 2.78. The minimum Gasteiger partial charge on any atom is -0.313 e. The second kappa shape index (κ2) is 6.09. The van der Waals surface area contributed by atoms with E-state index in [-0.39, 0.29) is 0 Å². The Morgan fingerprint density at radius 3 is 2.60 bits per heavy atom. The van der Waals surface area contributed by atoms with E-state index in [2.05, 4.69) is 45.2 Å². The van der Waals surface area contributed by atoms with Gasteiger partial charge in [-0.05, 0) is 38.4 Å². The van der Waals surface area contributed by atoms with Gasteiger partial charge in [0.1, 0.15) is 0 Å². The highest BCUT2D eigenvalue weighted by Crippen LogP contribution is 2.23. The van der Waals surface area contributed by atoms with Gasteiger partial charge < -0.3 is 5.32 Å².